The zero-order valence-corrected chi connectivity index (χ0v) is 12.9. The SMILES string of the molecule is Cc1ccc(C2CSCCN2Cc2nnsc2Cl)o1. The van der Waals surface area contributed by atoms with Gasteiger partial charge in [0, 0.05) is 36.1 Å². The molecule has 1 aliphatic rings. The van der Waals surface area contributed by atoms with E-state index < -0.39 is 0 Å². The minimum absolute atomic E-state index is 0.296. The van der Waals surface area contributed by atoms with Crippen LogP contribution in [0.4, 0.5) is 0 Å². The van der Waals surface area contributed by atoms with E-state index in [4.69, 9.17) is 16.0 Å². The highest BCUT2D eigenvalue weighted by Gasteiger charge is 2.28. The van der Waals surface area contributed by atoms with Crippen molar-refractivity contribution in [2.75, 3.05) is 18.1 Å². The number of thioether (sulfide) groups is 1. The number of aromatic nitrogens is 2. The monoisotopic (exact) mass is 315 g/mol. The van der Waals surface area contributed by atoms with Crippen LogP contribution in [0.3, 0.4) is 0 Å². The topological polar surface area (TPSA) is 42.2 Å². The van der Waals surface area contributed by atoms with E-state index >= 15 is 0 Å². The predicted molar refractivity (Wildman–Crippen MR) is 78.8 cm³/mol. The maximum atomic E-state index is 6.10. The van der Waals surface area contributed by atoms with Crippen LogP contribution >= 0.6 is 34.9 Å². The molecule has 3 rings (SSSR count). The van der Waals surface area contributed by atoms with Gasteiger partial charge in [0.05, 0.1) is 6.04 Å². The Morgan fingerprint density at radius 2 is 2.42 bits per heavy atom. The van der Waals surface area contributed by atoms with Gasteiger partial charge in [-0.05, 0) is 19.1 Å². The fraction of sp³-hybridized carbons (Fsp3) is 0.500. The third-order valence-electron chi connectivity index (χ3n) is 3.19. The van der Waals surface area contributed by atoms with Crippen LogP contribution in [0, 0.1) is 6.92 Å². The van der Waals surface area contributed by atoms with Crippen LogP contribution in [0.2, 0.25) is 4.34 Å². The van der Waals surface area contributed by atoms with Crippen molar-refractivity contribution in [3.8, 4) is 0 Å². The molecule has 1 atom stereocenters. The van der Waals surface area contributed by atoms with Crippen molar-refractivity contribution < 1.29 is 4.42 Å². The van der Waals surface area contributed by atoms with Gasteiger partial charge in [0.15, 0.2) is 0 Å². The van der Waals surface area contributed by atoms with E-state index in [9.17, 15) is 0 Å². The Kier molecular flexibility index (Phi) is 4.12. The van der Waals surface area contributed by atoms with Crippen molar-refractivity contribution in [2.24, 2.45) is 0 Å². The fourth-order valence-electron chi connectivity index (χ4n) is 2.21. The fourth-order valence-corrected chi connectivity index (χ4v) is 3.95. The number of halogens is 1. The third-order valence-corrected chi connectivity index (χ3v) is 5.20. The van der Waals surface area contributed by atoms with Gasteiger partial charge in [-0.1, -0.05) is 16.1 Å². The lowest BCUT2D eigenvalue weighted by molar-refractivity contribution is 0.185. The summed E-state index contributed by atoms with van der Waals surface area (Å²) in [6, 6.07) is 4.38. The minimum atomic E-state index is 0.296. The first-order valence-electron chi connectivity index (χ1n) is 6.09. The van der Waals surface area contributed by atoms with Crippen LogP contribution in [0.25, 0.3) is 0 Å². The smallest absolute Gasteiger partial charge is 0.138 e. The first-order valence-corrected chi connectivity index (χ1v) is 8.39. The van der Waals surface area contributed by atoms with Gasteiger partial charge in [0.1, 0.15) is 21.6 Å². The number of nitrogens with zero attached hydrogens (tertiary/aromatic N) is 3. The first-order chi connectivity index (χ1) is 9.24. The molecule has 1 saturated heterocycles. The Labute approximate surface area is 125 Å². The van der Waals surface area contributed by atoms with Gasteiger partial charge in [-0.25, -0.2) is 0 Å². The van der Waals surface area contributed by atoms with Gasteiger partial charge in [-0.15, -0.1) is 5.10 Å². The van der Waals surface area contributed by atoms with E-state index in [1.165, 1.54) is 11.5 Å². The zero-order valence-electron chi connectivity index (χ0n) is 10.5. The summed E-state index contributed by atoms with van der Waals surface area (Å²) in [6.45, 7) is 3.73. The normalized spacial score (nSPS) is 20.8. The summed E-state index contributed by atoms with van der Waals surface area (Å²) in [5.74, 6) is 4.16. The average Bonchev–Trinajstić information content (AvgIpc) is 3.00. The highest BCUT2D eigenvalue weighted by atomic mass is 35.5. The van der Waals surface area contributed by atoms with Gasteiger partial charge in [0.2, 0.25) is 0 Å². The molecule has 0 aliphatic carbocycles. The second-order valence-corrected chi connectivity index (χ2v) is 7.01. The Balaban J connectivity index is 1.79. The lowest BCUT2D eigenvalue weighted by atomic mass is 10.2. The van der Waals surface area contributed by atoms with Crippen molar-refractivity contribution in [3.05, 3.63) is 33.7 Å². The van der Waals surface area contributed by atoms with Crippen LogP contribution in [0.5, 0.6) is 0 Å². The van der Waals surface area contributed by atoms with Gasteiger partial charge in [-0.3, -0.25) is 4.90 Å². The summed E-state index contributed by atoms with van der Waals surface area (Å²) >= 11 is 9.30. The third kappa shape index (κ3) is 2.97. The molecular weight excluding hydrogens is 302 g/mol. The van der Waals surface area contributed by atoms with E-state index in [0.717, 1.165) is 41.8 Å². The molecule has 102 valence electrons. The zero-order chi connectivity index (χ0) is 13.2. The molecule has 0 spiro atoms. The van der Waals surface area contributed by atoms with Crippen LogP contribution in [-0.4, -0.2) is 32.5 Å². The molecule has 1 fully saturated rings. The van der Waals surface area contributed by atoms with Crippen LogP contribution < -0.4 is 0 Å². The van der Waals surface area contributed by atoms with Crippen LogP contribution in [0.15, 0.2) is 16.5 Å². The summed E-state index contributed by atoms with van der Waals surface area (Å²) in [7, 11) is 0. The maximum absolute atomic E-state index is 6.10. The van der Waals surface area contributed by atoms with Gasteiger partial charge in [-0.2, -0.15) is 11.8 Å². The number of aryl methyl sites for hydroxylation is 1. The van der Waals surface area contributed by atoms with Crippen molar-refractivity contribution in [3.63, 3.8) is 0 Å². The molecule has 2 aromatic heterocycles. The summed E-state index contributed by atoms with van der Waals surface area (Å²) in [5.41, 5.74) is 0.867. The largest absolute Gasteiger partial charge is 0.465 e. The molecular formula is C12H14ClN3OS2. The first kappa shape index (κ1) is 13.4. The summed E-state index contributed by atoms with van der Waals surface area (Å²) in [4.78, 5) is 2.37. The molecule has 3 heterocycles. The van der Waals surface area contributed by atoms with Gasteiger partial charge >= 0.3 is 0 Å². The maximum Gasteiger partial charge on any atom is 0.138 e. The lowest BCUT2D eigenvalue weighted by Crippen LogP contribution is -2.35. The van der Waals surface area contributed by atoms with Crippen molar-refractivity contribution in [1.82, 2.24) is 14.5 Å². The van der Waals surface area contributed by atoms with Gasteiger partial charge in [0.25, 0.3) is 0 Å². The Hall–Kier alpha value is -0.560. The number of furan rings is 1. The summed E-state index contributed by atoms with van der Waals surface area (Å²) in [6.07, 6.45) is 0. The summed E-state index contributed by atoms with van der Waals surface area (Å²) in [5, 5.41) is 4.10. The molecule has 7 heteroatoms. The molecule has 1 unspecified atom stereocenters. The molecule has 0 aromatic carbocycles. The molecule has 0 radical (unpaired) electrons. The van der Waals surface area contributed by atoms with Crippen molar-refractivity contribution in [1.29, 1.82) is 0 Å². The molecule has 0 amide bonds. The van der Waals surface area contributed by atoms with Gasteiger partial charge < -0.3 is 4.42 Å². The Morgan fingerprint density at radius 1 is 1.53 bits per heavy atom. The standard InChI is InChI=1S/C12H14ClN3OS2/c1-8-2-3-11(17-8)10-7-18-5-4-16(10)6-9-12(13)19-15-14-9/h2-3,10H,4-7H2,1H3. The second kappa shape index (κ2) is 5.83. The van der Waals surface area contributed by atoms with E-state index in [1.54, 1.807) is 0 Å². The average molecular weight is 316 g/mol. The number of hydrogen-bond donors (Lipinski definition) is 0. The molecule has 0 N–H and O–H groups in total. The summed E-state index contributed by atoms with van der Waals surface area (Å²) < 4.78 is 10.4. The molecule has 19 heavy (non-hydrogen) atoms. The van der Waals surface area contributed by atoms with E-state index in [-0.39, 0.29) is 0 Å². The quantitative estimate of drug-likeness (QED) is 0.868. The molecule has 0 saturated carbocycles. The van der Waals surface area contributed by atoms with Crippen LogP contribution in [0.1, 0.15) is 23.3 Å². The lowest BCUT2D eigenvalue weighted by Gasteiger charge is -2.33. The Bertz CT molecular complexity index is 557. The highest BCUT2D eigenvalue weighted by molar-refractivity contribution is 7.99. The molecule has 4 nitrogen and oxygen atoms in total. The number of hydrogen-bond acceptors (Lipinski definition) is 6. The van der Waals surface area contributed by atoms with E-state index in [0.29, 0.717) is 10.4 Å². The predicted octanol–water partition coefficient (Wildman–Crippen LogP) is 3.38. The van der Waals surface area contributed by atoms with Crippen molar-refractivity contribution in [2.45, 2.75) is 19.5 Å². The van der Waals surface area contributed by atoms with Crippen LogP contribution in [-0.2, 0) is 6.54 Å². The second-order valence-electron chi connectivity index (χ2n) is 4.50. The van der Waals surface area contributed by atoms with E-state index in [2.05, 4.69) is 20.6 Å². The molecule has 2 aromatic rings. The molecule has 0 bridgehead atoms. The highest BCUT2D eigenvalue weighted by Crippen LogP contribution is 2.32. The Morgan fingerprint density at radius 3 is 3.11 bits per heavy atom. The molecule has 1 aliphatic heterocycles. The number of rotatable bonds is 3. The minimum Gasteiger partial charge on any atom is -0.465 e. The van der Waals surface area contributed by atoms with E-state index in [1.807, 2.05) is 24.8 Å². The van der Waals surface area contributed by atoms with Crippen molar-refractivity contribution >= 4 is 34.9 Å².